The zero-order valence-corrected chi connectivity index (χ0v) is 18.3. The van der Waals surface area contributed by atoms with Crippen molar-refractivity contribution >= 4 is 17.4 Å². The summed E-state index contributed by atoms with van der Waals surface area (Å²) < 4.78 is 11.3. The van der Waals surface area contributed by atoms with Crippen LogP contribution in [0.2, 0.25) is 5.02 Å². The molecule has 0 aliphatic carbocycles. The summed E-state index contributed by atoms with van der Waals surface area (Å²) in [7, 11) is 4.22. The van der Waals surface area contributed by atoms with Gasteiger partial charge in [-0.05, 0) is 62.5 Å². The third-order valence-electron chi connectivity index (χ3n) is 5.97. The van der Waals surface area contributed by atoms with Crippen molar-refractivity contribution in [1.82, 2.24) is 9.88 Å². The van der Waals surface area contributed by atoms with Gasteiger partial charge in [-0.15, -0.1) is 0 Å². The number of fused-ring (bicyclic) bond motifs is 1. The largest absolute Gasteiger partial charge is 0.507 e. The highest BCUT2D eigenvalue weighted by atomic mass is 35.5. The van der Waals surface area contributed by atoms with Gasteiger partial charge in [0.2, 0.25) is 6.79 Å². The van der Waals surface area contributed by atoms with Crippen LogP contribution in [0.5, 0.6) is 17.2 Å². The van der Waals surface area contributed by atoms with Gasteiger partial charge in [-0.3, -0.25) is 0 Å². The SMILES string of the molecule is CN(C)C1CCN(c2cc(-c3cccc4c3OCO4)cc(-c3cc(Cl)ccc3O)n2)C1. The molecular weight excluding hydrogens is 414 g/mol. The highest BCUT2D eigenvalue weighted by Gasteiger charge is 2.27. The summed E-state index contributed by atoms with van der Waals surface area (Å²) in [6, 6.07) is 15.4. The monoisotopic (exact) mass is 437 g/mol. The van der Waals surface area contributed by atoms with E-state index >= 15 is 0 Å². The molecule has 5 rings (SSSR count). The molecule has 2 aliphatic heterocycles. The van der Waals surface area contributed by atoms with Crippen molar-refractivity contribution in [3.63, 3.8) is 0 Å². The van der Waals surface area contributed by atoms with E-state index in [1.807, 2.05) is 24.3 Å². The Morgan fingerprint density at radius 1 is 1.10 bits per heavy atom. The molecule has 31 heavy (non-hydrogen) atoms. The zero-order chi connectivity index (χ0) is 21.5. The van der Waals surface area contributed by atoms with Gasteiger partial charge in [0.1, 0.15) is 11.6 Å². The lowest BCUT2D eigenvalue weighted by Crippen LogP contribution is -2.31. The molecule has 0 bridgehead atoms. The third-order valence-corrected chi connectivity index (χ3v) is 6.21. The Bertz CT molecular complexity index is 1140. The fourth-order valence-corrected chi connectivity index (χ4v) is 4.39. The van der Waals surface area contributed by atoms with Gasteiger partial charge in [-0.25, -0.2) is 4.98 Å². The number of rotatable bonds is 4. The van der Waals surface area contributed by atoms with Gasteiger partial charge >= 0.3 is 0 Å². The predicted octanol–water partition coefficient (Wildman–Crippen LogP) is 4.64. The molecule has 0 saturated carbocycles. The Kier molecular flexibility index (Phi) is 5.12. The van der Waals surface area contributed by atoms with E-state index in [1.165, 1.54) is 0 Å². The molecule has 160 valence electrons. The van der Waals surface area contributed by atoms with Crippen LogP contribution in [0.3, 0.4) is 0 Å². The molecule has 7 heteroatoms. The number of likely N-dealkylation sites (N-methyl/N-ethyl adjacent to an activating group) is 1. The topological polar surface area (TPSA) is 58.1 Å². The number of aromatic hydroxyl groups is 1. The first-order valence-electron chi connectivity index (χ1n) is 10.3. The second-order valence-corrected chi connectivity index (χ2v) is 8.59. The van der Waals surface area contributed by atoms with Crippen molar-refractivity contribution in [3.8, 4) is 39.6 Å². The average Bonchev–Trinajstić information content (AvgIpc) is 3.44. The van der Waals surface area contributed by atoms with E-state index in [0.29, 0.717) is 22.3 Å². The van der Waals surface area contributed by atoms with Gasteiger partial charge in [0.15, 0.2) is 11.5 Å². The van der Waals surface area contributed by atoms with Gasteiger partial charge in [0.05, 0.1) is 5.69 Å². The molecule has 1 unspecified atom stereocenters. The Morgan fingerprint density at radius 3 is 2.77 bits per heavy atom. The fraction of sp³-hybridized carbons (Fsp3) is 0.292. The minimum absolute atomic E-state index is 0.144. The van der Waals surface area contributed by atoms with Gasteiger partial charge in [-0.2, -0.15) is 0 Å². The number of hydrogen-bond donors (Lipinski definition) is 1. The van der Waals surface area contributed by atoms with E-state index in [9.17, 15) is 5.11 Å². The van der Waals surface area contributed by atoms with Gasteiger partial charge in [0, 0.05) is 35.3 Å². The average molecular weight is 438 g/mol. The summed E-state index contributed by atoms with van der Waals surface area (Å²) >= 11 is 6.23. The molecular formula is C24H24ClN3O3. The Labute approximate surface area is 186 Å². The van der Waals surface area contributed by atoms with Crippen molar-refractivity contribution in [2.45, 2.75) is 12.5 Å². The lowest BCUT2D eigenvalue weighted by Gasteiger charge is -2.22. The van der Waals surface area contributed by atoms with E-state index in [0.717, 1.165) is 48.0 Å². The highest BCUT2D eigenvalue weighted by molar-refractivity contribution is 6.31. The third kappa shape index (κ3) is 3.77. The Balaban J connectivity index is 1.65. The summed E-state index contributed by atoms with van der Waals surface area (Å²) in [6.07, 6.45) is 1.08. The van der Waals surface area contributed by atoms with E-state index in [-0.39, 0.29) is 12.5 Å². The van der Waals surface area contributed by atoms with Crippen LogP contribution in [0.1, 0.15) is 6.42 Å². The molecule has 3 heterocycles. The maximum atomic E-state index is 10.5. The summed E-state index contributed by atoms with van der Waals surface area (Å²) in [5, 5.41) is 11.1. The van der Waals surface area contributed by atoms with E-state index < -0.39 is 0 Å². The van der Waals surface area contributed by atoms with Crippen LogP contribution in [0.4, 0.5) is 5.82 Å². The number of phenols is 1. The van der Waals surface area contributed by atoms with Crippen molar-refractivity contribution < 1.29 is 14.6 Å². The number of aromatic nitrogens is 1. The van der Waals surface area contributed by atoms with E-state index in [2.05, 4.69) is 30.0 Å². The van der Waals surface area contributed by atoms with Crippen molar-refractivity contribution in [3.05, 3.63) is 53.6 Å². The number of para-hydroxylation sites is 1. The normalized spacial score (nSPS) is 17.5. The number of halogens is 1. The molecule has 0 spiro atoms. The molecule has 1 aromatic heterocycles. The predicted molar refractivity (Wildman–Crippen MR) is 122 cm³/mol. The summed E-state index contributed by atoms with van der Waals surface area (Å²) in [5.74, 6) is 2.48. The quantitative estimate of drug-likeness (QED) is 0.641. The second kappa shape index (κ2) is 7.94. The van der Waals surface area contributed by atoms with E-state index in [1.54, 1.807) is 18.2 Å². The molecule has 3 aromatic rings. The van der Waals surface area contributed by atoms with Crippen LogP contribution < -0.4 is 14.4 Å². The number of ether oxygens (including phenoxy) is 2. The minimum Gasteiger partial charge on any atom is -0.507 e. The smallest absolute Gasteiger partial charge is 0.231 e. The summed E-state index contributed by atoms with van der Waals surface area (Å²) in [4.78, 5) is 9.46. The highest BCUT2D eigenvalue weighted by Crippen LogP contribution is 2.43. The molecule has 1 atom stereocenters. The first-order chi connectivity index (χ1) is 15.0. The Hall–Kier alpha value is -2.96. The molecule has 6 nitrogen and oxygen atoms in total. The van der Waals surface area contributed by atoms with Gasteiger partial charge in [0.25, 0.3) is 0 Å². The lowest BCUT2D eigenvalue weighted by molar-refractivity contribution is 0.174. The summed E-state index contributed by atoms with van der Waals surface area (Å²) in [5.41, 5.74) is 3.15. The lowest BCUT2D eigenvalue weighted by atomic mass is 10.0. The number of hydrogen-bond acceptors (Lipinski definition) is 6. The standard InChI is InChI=1S/C24H24ClN3O3/c1-27(2)17-8-9-28(13-17)23-11-15(18-4-3-5-22-24(18)31-14-30-22)10-20(26-23)19-12-16(25)6-7-21(19)29/h3-7,10-12,17,29H,8-9,13-14H2,1-2H3. The van der Waals surface area contributed by atoms with Crippen molar-refractivity contribution in [1.29, 1.82) is 0 Å². The van der Waals surface area contributed by atoms with Crippen LogP contribution in [0.15, 0.2) is 48.5 Å². The Morgan fingerprint density at radius 2 is 1.97 bits per heavy atom. The first-order valence-corrected chi connectivity index (χ1v) is 10.7. The van der Waals surface area contributed by atoms with Crippen LogP contribution in [-0.2, 0) is 0 Å². The molecule has 1 saturated heterocycles. The number of anilines is 1. The van der Waals surface area contributed by atoms with E-state index in [4.69, 9.17) is 26.1 Å². The molecule has 0 radical (unpaired) electrons. The number of pyridine rings is 1. The minimum atomic E-state index is 0.144. The van der Waals surface area contributed by atoms with Gasteiger partial charge in [-0.1, -0.05) is 23.7 Å². The maximum Gasteiger partial charge on any atom is 0.231 e. The van der Waals surface area contributed by atoms with Crippen molar-refractivity contribution in [2.75, 3.05) is 38.9 Å². The number of benzene rings is 2. The molecule has 2 aromatic carbocycles. The van der Waals surface area contributed by atoms with Crippen LogP contribution >= 0.6 is 11.6 Å². The number of phenolic OH excluding ortho intramolecular Hbond substituents is 1. The maximum absolute atomic E-state index is 10.5. The molecule has 0 amide bonds. The van der Waals surface area contributed by atoms with Crippen LogP contribution in [0, 0.1) is 0 Å². The number of nitrogens with zero attached hydrogens (tertiary/aromatic N) is 3. The second-order valence-electron chi connectivity index (χ2n) is 8.15. The fourth-order valence-electron chi connectivity index (χ4n) is 4.21. The van der Waals surface area contributed by atoms with Gasteiger partial charge < -0.3 is 24.4 Å². The first kappa shape index (κ1) is 20.0. The molecule has 2 aliphatic rings. The molecule has 1 N–H and O–H groups in total. The zero-order valence-electron chi connectivity index (χ0n) is 17.5. The molecule has 1 fully saturated rings. The van der Waals surface area contributed by atoms with Crippen LogP contribution in [0.25, 0.3) is 22.4 Å². The van der Waals surface area contributed by atoms with Crippen molar-refractivity contribution in [2.24, 2.45) is 0 Å². The van der Waals surface area contributed by atoms with Crippen LogP contribution in [-0.4, -0.2) is 55.0 Å². The summed E-state index contributed by atoms with van der Waals surface area (Å²) in [6.45, 7) is 2.03.